The van der Waals surface area contributed by atoms with Crippen LogP contribution in [0, 0.1) is 5.92 Å². The first kappa shape index (κ1) is 21.4. The topological polar surface area (TPSA) is 98.1 Å². The van der Waals surface area contributed by atoms with E-state index in [9.17, 15) is 0 Å². The molecule has 3 aromatic heterocycles. The summed E-state index contributed by atoms with van der Waals surface area (Å²) in [7, 11) is 0. The van der Waals surface area contributed by atoms with Crippen molar-refractivity contribution in [3.8, 4) is 22.5 Å². The highest BCUT2D eigenvalue weighted by Crippen LogP contribution is 2.29. The maximum absolute atomic E-state index is 4.93. The van der Waals surface area contributed by atoms with Crippen molar-refractivity contribution in [1.82, 2.24) is 40.4 Å². The average molecular weight is 443 g/mol. The van der Waals surface area contributed by atoms with Crippen molar-refractivity contribution >= 4 is 0 Å². The molecule has 0 unspecified atom stereocenters. The van der Waals surface area contributed by atoms with Gasteiger partial charge in [-0.05, 0) is 29.2 Å². The lowest BCUT2D eigenvalue weighted by Gasteiger charge is -2.19. The summed E-state index contributed by atoms with van der Waals surface area (Å²) in [4.78, 5) is 9.69. The van der Waals surface area contributed by atoms with Crippen LogP contribution in [0.3, 0.4) is 0 Å². The van der Waals surface area contributed by atoms with Crippen molar-refractivity contribution in [3.63, 3.8) is 0 Å². The van der Waals surface area contributed by atoms with Crippen LogP contribution in [-0.2, 0) is 19.4 Å². The largest absolute Gasteiger partial charge is 0.260 e. The van der Waals surface area contributed by atoms with Gasteiger partial charge in [0.2, 0.25) is 5.82 Å². The van der Waals surface area contributed by atoms with Crippen LogP contribution in [0.4, 0.5) is 0 Å². The molecule has 0 saturated heterocycles. The smallest absolute Gasteiger partial charge is 0.205 e. The molecule has 1 fully saturated rings. The minimum atomic E-state index is 0.577. The lowest BCUT2D eigenvalue weighted by Crippen LogP contribution is -2.10. The maximum Gasteiger partial charge on any atom is 0.205 e. The van der Waals surface area contributed by atoms with Crippen LogP contribution < -0.4 is 0 Å². The van der Waals surface area contributed by atoms with E-state index in [0.717, 1.165) is 59.3 Å². The van der Waals surface area contributed by atoms with Crippen LogP contribution in [0.1, 0.15) is 62.8 Å². The number of nitrogens with one attached hydrogen (secondary N) is 1. The SMILES string of the molecule is CCCn1nc(CC2CCCCC2)nc1Cc1ccc(-c2ccccc2-c2nn[nH]n2)cn1. The van der Waals surface area contributed by atoms with Crippen molar-refractivity contribution in [2.24, 2.45) is 5.92 Å². The second-order valence-corrected chi connectivity index (χ2v) is 8.87. The van der Waals surface area contributed by atoms with E-state index in [-0.39, 0.29) is 0 Å². The molecule has 1 aliphatic rings. The molecule has 0 aliphatic heterocycles. The van der Waals surface area contributed by atoms with E-state index in [0.29, 0.717) is 12.2 Å². The summed E-state index contributed by atoms with van der Waals surface area (Å²) in [6.45, 7) is 3.07. The molecule has 1 saturated carbocycles. The Morgan fingerprint density at radius 3 is 2.61 bits per heavy atom. The Balaban J connectivity index is 1.34. The molecule has 0 radical (unpaired) electrons. The van der Waals surface area contributed by atoms with E-state index in [1.807, 2.05) is 24.4 Å². The molecule has 1 aliphatic carbocycles. The zero-order chi connectivity index (χ0) is 22.5. The van der Waals surface area contributed by atoms with E-state index in [1.165, 1.54) is 32.1 Å². The molecule has 1 N–H and O–H groups in total. The summed E-state index contributed by atoms with van der Waals surface area (Å²) >= 11 is 0. The molecule has 0 amide bonds. The van der Waals surface area contributed by atoms with Gasteiger partial charge in [0.25, 0.3) is 0 Å². The van der Waals surface area contributed by atoms with E-state index in [4.69, 9.17) is 15.1 Å². The molecule has 170 valence electrons. The number of aryl methyl sites for hydroxylation is 1. The minimum Gasteiger partial charge on any atom is -0.260 e. The van der Waals surface area contributed by atoms with Crippen LogP contribution in [0.2, 0.25) is 0 Å². The number of pyridine rings is 1. The number of hydrogen-bond donors (Lipinski definition) is 1. The van der Waals surface area contributed by atoms with Crippen LogP contribution in [-0.4, -0.2) is 40.4 Å². The Bertz CT molecular complexity index is 1160. The molecule has 5 rings (SSSR count). The molecule has 4 aromatic rings. The Kier molecular flexibility index (Phi) is 6.51. The Morgan fingerprint density at radius 2 is 1.88 bits per heavy atom. The minimum absolute atomic E-state index is 0.577. The quantitative estimate of drug-likeness (QED) is 0.427. The van der Waals surface area contributed by atoms with E-state index >= 15 is 0 Å². The van der Waals surface area contributed by atoms with Gasteiger partial charge in [-0.1, -0.05) is 69.4 Å². The molecule has 8 heteroatoms. The van der Waals surface area contributed by atoms with Gasteiger partial charge in [-0.2, -0.15) is 10.3 Å². The highest BCUT2D eigenvalue weighted by Gasteiger charge is 2.18. The fourth-order valence-corrected chi connectivity index (χ4v) is 4.74. The standard InChI is InChI=1S/C25H30N8/c1-2-14-33-24(27-23(30-33)15-18-8-4-3-5-9-18)16-20-13-12-19(17-26-20)21-10-6-7-11-22(21)25-28-31-32-29-25/h6-7,10-13,17-18H,2-5,8-9,14-16H2,1H3,(H,28,29,31,32). The predicted octanol–water partition coefficient (Wildman–Crippen LogP) is 4.64. The summed E-state index contributed by atoms with van der Waals surface area (Å²) in [5, 5.41) is 19.3. The third-order valence-corrected chi connectivity index (χ3v) is 6.41. The highest BCUT2D eigenvalue weighted by atomic mass is 15.5. The number of aromatic nitrogens is 8. The molecule has 1 aromatic carbocycles. The van der Waals surface area contributed by atoms with Crippen LogP contribution >= 0.6 is 0 Å². The first-order valence-electron chi connectivity index (χ1n) is 12.0. The predicted molar refractivity (Wildman–Crippen MR) is 126 cm³/mol. The van der Waals surface area contributed by atoms with Gasteiger partial charge in [-0.15, -0.1) is 10.2 Å². The number of rotatable bonds is 8. The van der Waals surface area contributed by atoms with Crippen molar-refractivity contribution in [2.45, 2.75) is 64.8 Å². The van der Waals surface area contributed by atoms with E-state index in [1.54, 1.807) is 0 Å². The van der Waals surface area contributed by atoms with Gasteiger partial charge in [0.1, 0.15) is 5.82 Å². The fourth-order valence-electron chi connectivity index (χ4n) is 4.74. The number of benzene rings is 1. The molecule has 8 nitrogen and oxygen atoms in total. The number of tetrazole rings is 1. The normalized spacial score (nSPS) is 14.6. The first-order chi connectivity index (χ1) is 16.3. The molecular weight excluding hydrogens is 412 g/mol. The maximum atomic E-state index is 4.93. The molecule has 0 atom stereocenters. The number of aromatic amines is 1. The first-order valence-corrected chi connectivity index (χ1v) is 12.0. The van der Waals surface area contributed by atoms with Gasteiger partial charge < -0.3 is 0 Å². The van der Waals surface area contributed by atoms with Gasteiger partial charge >= 0.3 is 0 Å². The molecule has 33 heavy (non-hydrogen) atoms. The zero-order valence-electron chi connectivity index (χ0n) is 19.1. The summed E-state index contributed by atoms with van der Waals surface area (Å²) in [6, 6.07) is 12.2. The Labute approximate surface area is 193 Å². The molecule has 0 spiro atoms. The van der Waals surface area contributed by atoms with E-state index < -0.39 is 0 Å². The fraction of sp³-hybridized carbons (Fsp3) is 0.440. The van der Waals surface area contributed by atoms with Crippen molar-refractivity contribution in [1.29, 1.82) is 0 Å². The molecular formula is C25H30N8. The van der Waals surface area contributed by atoms with Gasteiger partial charge in [0.15, 0.2) is 5.82 Å². The number of hydrogen-bond acceptors (Lipinski definition) is 6. The molecule has 3 heterocycles. The van der Waals surface area contributed by atoms with Gasteiger partial charge in [-0.3, -0.25) is 4.98 Å². The second kappa shape index (κ2) is 10.0. The van der Waals surface area contributed by atoms with Crippen molar-refractivity contribution in [2.75, 3.05) is 0 Å². The summed E-state index contributed by atoms with van der Waals surface area (Å²) in [5.41, 5.74) is 3.97. The van der Waals surface area contributed by atoms with Gasteiger partial charge in [0, 0.05) is 42.4 Å². The summed E-state index contributed by atoms with van der Waals surface area (Å²) < 4.78 is 2.08. The number of nitrogens with zero attached hydrogens (tertiary/aromatic N) is 7. The van der Waals surface area contributed by atoms with Crippen LogP contribution in [0.15, 0.2) is 42.6 Å². The lowest BCUT2D eigenvalue weighted by atomic mass is 9.87. The second-order valence-electron chi connectivity index (χ2n) is 8.87. The van der Waals surface area contributed by atoms with Gasteiger partial charge in [0.05, 0.1) is 0 Å². The monoisotopic (exact) mass is 442 g/mol. The Hall–Kier alpha value is -3.42. The third-order valence-electron chi connectivity index (χ3n) is 6.41. The van der Waals surface area contributed by atoms with E-state index in [2.05, 4.69) is 50.4 Å². The highest BCUT2D eigenvalue weighted by molar-refractivity contribution is 5.79. The zero-order valence-corrected chi connectivity index (χ0v) is 19.1. The summed E-state index contributed by atoms with van der Waals surface area (Å²) in [6.07, 6.45) is 11.3. The number of H-pyrrole nitrogens is 1. The van der Waals surface area contributed by atoms with Crippen LogP contribution in [0.5, 0.6) is 0 Å². The van der Waals surface area contributed by atoms with Crippen molar-refractivity contribution < 1.29 is 0 Å². The lowest BCUT2D eigenvalue weighted by molar-refractivity contribution is 0.351. The third kappa shape index (κ3) is 4.99. The molecule has 0 bridgehead atoms. The Morgan fingerprint density at radius 1 is 1.03 bits per heavy atom. The summed E-state index contributed by atoms with van der Waals surface area (Å²) in [5.74, 6) is 3.32. The van der Waals surface area contributed by atoms with Crippen molar-refractivity contribution in [3.05, 3.63) is 59.9 Å². The van der Waals surface area contributed by atoms with Gasteiger partial charge in [-0.25, -0.2) is 9.67 Å². The average Bonchev–Trinajstić information content (AvgIpc) is 3.51. The van der Waals surface area contributed by atoms with Crippen LogP contribution in [0.25, 0.3) is 22.5 Å².